The van der Waals surface area contributed by atoms with Crippen molar-refractivity contribution in [1.29, 1.82) is 0 Å². The zero-order valence-electron chi connectivity index (χ0n) is 35.1. The molecule has 1 saturated heterocycles. The van der Waals surface area contributed by atoms with Crippen molar-refractivity contribution in [3.8, 4) is 11.5 Å². The zero-order chi connectivity index (χ0) is 43.9. The van der Waals surface area contributed by atoms with Crippen LogP contribution in [0.1, 0.15) is 62.9 Å². The van der Waals surface area contributed by atoms with Gasteiger partial charge in [0, 0.05) is 63.0 Å². The Morgan fingerprint density at radius 2 is 1.46 bits per heavy atom. The minimum atomic E-state index is -3.85. The maximum atomic E-state index is 15.0. The summed E-state index contributed by atoms with van der Waals surface area (Å²) >= 11 is 0. The van der Waals surface area contributed by atoms with E-state index in [1.807, 2.05) is 72.8 Å². The van der Waals surface area contributed by atoms with Gasteiger partial charge in [-0.3, -0.25) is 24.0 Å². The highest BCUT2D eigenvalue weighted by Crippen LogP contribution is 2.50. The van der Waals surface area contributed by atoms with Gasteiger partial charge in [-0.2, -0.15) is 0 Å². The van der Waals surface area contributed by atoms with Crippen molar-refractivity contribution in [1.82, 2.24) is 19.7 Å². The fourth-order valence-electron chi connectivity index (χ4n) is 8.04. The van der Waals surface area contributed by atoms with Crippen LogP contribution in [-0.4, -0.2) is 89.1 Å². The third-order valence-electron chi connectivity index (χ3n) is 11.2. The summed E-state index contributed by atoms with van der Waals surface area (Å²) in [6, 6.07) is 37.8. The van der Waals surface area contributed by atoms with Crippen LogP contribution in [0.15, 0.2) is 134 Å². The molecule has 0 radical (unpaired) electrons. The van der Waals surface area contributed by atoms with Crippen molar-refractivity contribution in [2.24, 2.45) is 0 Å². The van der Waals surface area contributed by atoms with Crippen LogP contribution in [0.25, 0.3) is 10.9 Å². The van der Waals surface area contributed by atoms with Crippen molar-refractivity contribution in [3.05, 3.63) is 173 Å². The molecule has 14 heteroatoms. The largest absolute Gasteiger partial charge is 0.478 e. The third kappa shape index (κ3) is 9.81. The second-order valence-corrected chi connectivity index (χ2v) is 17.5. The Balaban J connectivity index is 1.09. The van der Waals surface area contributed by atoms with Crippen LogP contribution < -0.4 is 9.26 Å². The van der Waals surface area contributed by atoms with Gasteiger partial charge in [-0.15, -0.1) is 0 Å². The lowest BCUT2D eigenvalue weighted by molar-refractivity contribution is -0.150. The van der Waals surface area contributed by atoms with E-state index in [1.54, 1.807) is 65.4 Å². The molecule has 2 amide bonds. The van der Waals surface area contributed by atoms with Gasteiger partial charge in [0.25, 0.3) is 11.8 Å². The van der Waals surface area contributed by atoms with E-state index in [9.17, 15) is 23.3 Å². The van der Waals surface area contributed by atoms with Crippen LogP contribution in [0.2, 0.25) is 0 Å². The molecule has 5 aromatic carbocycles. The van der Waals surface area contributed by atoms with E-state index in [2.05, 4.69) is 4.90 Å². The molecule has 1 fully saturated rings. The number of carbonyl (C=O) groups is 3. The standard InChI is InChI=1S/C49H48FN4O8P/c1-3-59-49(57)34(2)61-63(58,62-39-18-11-6-12-19-39)31-30-52-26-28-53(29-27-52)47(55)42-40-20-13-25-51-44(40)46(60-45(36-14-7-4-8-15-36)37-16-9-5-10-17-37)43-41(42)33-54(48(43)56)32-35-21-23-38(50)24-22-35/h4-25,34,45H,3,26-33H2,1-2H3. The first-order chi connectivity index (χ1) is 30.6. The second kappa shape index (κ2) is 19.3. The van der Waals surface area contributed by atoms with E-state index < -0.39 is 25.8 Å². The monoisotopic (exact) mass is 870 g/mol. The smallest absolute Gasteiger partial charge is 0.381 e. The molecule has 2 aliphatic rings. The Hall–Kier alpha value is -6.40. The second-order valence-electron chi connectivity index (χ2n) is 15.4. The first-order valence-electron chi connectivity index (χ1n) is 21.0. The number of ether oxygens (including phenoxy) is 2. The number of hydrogen-bond acceptors (Lipinski definition) is 10. The average molecular weight is 871 g/mol. The normalized spacial score (nSPS) is 15.5. The Labute approximate surface area is 365 Å². The number of benzene rings is 5. The Morgan fingerprint density at radius 3 is 2.10 bits per heavy atom. The van der Waals surface area contributed by atoms with E-state index in [0.29, 0.717) is 60.5 Å². The number of esters is 1. The number of para-hydroxylation sites is 1. The summed E-state index contributed by atoms with van der Waals surface area (Å²) in [7, 11) is -3.85. The number of piperazine rings is 1. The molecule has 324 valence electrons. The summed E-state index contributed by atoms with van der Waals surface area (Å²) in [6.45, 7) is 5.53. The molecular weight excluding hydrogens is 823 g/mol. The lowest BCUT2D eigenvalue weighted by Gasteiger charge is -2.36. The van der Waals surface area contributed by atoms with Crippen LogP contribution in [0, 0.1) is 5.82 Å². The number of nitrogens with zero attached hydrogens (tertiary/aromatic N) is 4. The topological polar surface area (TPSA) is 128 Å². The van der Waals surface area contributed by atoms with Crippen molar-refractivity contribution in [2.75, 3.05) is 45.5 Å². The van der Waals surface area contributed by atoms with Gasteiger partial charge < -0.3 is 23.8 Å². The molecule has 2 aliphatic heterocycles. The van der Waals surface area contributed by atoms with Crippen LogP contribution in [0.5, 0.6) is 11.5 Å². The summed E-state index contributed by atoms with van der Waals surface area (Å²) in [5.74, 6) is -0.953. The van der Waals surface area contributed by atoms with Gasteiger partial charge >= 0.3 is 13.6 Å². The molecule has 63 heavy (non-hydrogen) atoms. The summed E-state index contributed by atoms with van der Waals surface area (Å²) in [5.41, 5.74) is 4.05. The molecular formula is C49H48FN4O8P. The van der Waals surface area contributed by atoms with Crippen molar-refractivity contribution >= 4 is 36.3 Å². The Morgan fingerprint density at radius 1 is 0.825 bits per heavy atom. The van der Waals surface area contributed by atoms with E-state index in [4.69, 9.17) is 23.5 Å². The van der Waals surface area contributed by atoms with Crippen LogP contribution in [0.3, 0.4) is 0 Å². The first kappa shape index (κ1) is 43.3. The number of pyridine rings is 1. The minimum Gasteiger partial charge on any atom is -0.478 e. The fourth-order valence-corrected chi connectivity index (χ4v) is 9.82. The average Bonchev–Trinajstić information content (AvgIpc) is 3.63. The van der Waals surface area contributed by atoms with E-state index in [1.165, 1.54) is 19.1 Å². The lowest BCUT2D eigenvalue weighted by atomic mass is 9.94. The summed E-state index contributed by atoms with van der Waals surface area (Å²) in [6.07, 6.45) is -0.105. The molecule has 0 saturated carbocycles. The van der Waals surface area contributed by atoms with Crippen molar-refractivity contribution < 1.29 is 41.9 Å². The van der Waals surface area contributed by atoms with Gasteiger partial charge in [0.1, 0.15) is 23.2 Å². The highest BCUT2D eigenvalue weighted by atomic mass is 31.2. The molecule has 6 aromatic rings. The maximum absolute atomic E-state index is 15.0. The van der Waals surface area contributed by atoms with Gasteiger partial charge in [-0.1, -0.05) is 97.1 Å². The predicted octanol–water partition coefficient (Wildman–Crippen LogP) is 8.70. The number of hydrogen-bond donors (Lipinski definition) is 0. The molecule has 1 aromatic heterocycles. The molecule has 0 bridgehead atoms. The van der Waals surface area contributed by atoms with Crippen LogP contribution >= 0.6 is 7.60 Å². The number of aromatic nitrogens is 1. The number of halogens is 1. The SMILES string of the molecule is CCOC(=O)C(C)OP(=O)(CCN1CCN(C(=O)c2c3c(c(OC(c4ccccc4)c4ccccc4)c4ncccc24)C(=O)N(Cc2ccc(F)cc2)C3)CC1)Oc1ccccc1. The molecule has 8 rings (SSSR count). The quantitative estimate of drug-likeness (QED) is 0.0689. The van der Waals surface area contributed by atoms with Gasteiger partial charge in [0.15, 0.2) is 11.9 Å². The summed E-state index contributed by atoms with van der Waals surface area (Å²) < 4.78 is 51.9. The summed E-state index contributed by atoms with van der Waals surface area (Å²) in [4.78, 5) is 52.4. The van der Waals surface area contributed by atoms with E-state index in [-0.39, 0.29) is 54.8 Å². The Bertz CT molecular complexity index is 2570. The number of fused-ring (bicyclic) bond motifs is 2. The molecule has 2 unspecified atom stereocenters. The van der Waals surface area contributed by atoms with Gasteiger partial charge in [0.2, 0.25) is 0 Å². The minimum absolute atomic E-state index is 0.0101. The first-order valence-corrected chi connectivity index (χ1v) is 22.8. The molecule has 3 heterocycles. The highest BCUT2D eigenvalue weighted by Gasteiger charge is 2.40. The van der Waals surface area contributed by atoms with Crippen molar-refractivity contribution in [3.63, 3.8) is 0 Å². The number of rotatable bonds is 16. The predicted molar refractivity (Wildman–Crippen MR) is 236 cm³/mol. The maximum Gasteiger partial charge on any atom is 0.381 e. The molecule has 0 N–H and O–H groups in total. The van der Waals surface area contributed by atoms with E-state index in [0.717, 1.165) is 16.7 Å². The molecule has 2 atom stereocenters. The van der Waals surface area contributed by atoms with Crippen molar-refractivity contribution in [2.45, 2.75) is 39.1 Å². The van der Waals surface area contributed by atoms with Crippen LogP contribution in [-0.2, 0) is 31.7 Å². The summed E-state index contributed by atoms with van der Waals surface area (Å²) in [5, 5.41) is 0.557. The highest BCUT2D eigenvalue weighted by molar-refractivity contribution is 7.54. The molecule has 12 nitrogen and oxygen atoms in total. The number of amides is 2. The zero-order valence-corrected chi connectivity index (χ0v) is 36.0. The lowest BCUT2D eigenvalue weighted by Crippen LogP contribution is -2.49. The van der Waals surface area contributed by atoms with Gasteiger partial charge in [-0.25, -0.2) is 13.8 Å². The van der Waals surface area contributed by atoms with Gasteiger partial charge in [-0.05, 0) is 60.9 Å². The molecule has 0 spiro atoms. The number of carbonyl (C=O) groups excluding carboxylic acids is 3. The fraction of sp³-hybridized carbons (Fsp3) is 0.265. The molecule has 0 aliphatic carbocycles. The third-order valence-corrected chi connectivity index (χ3v) is 13.1. The van der Waals surface area contributed by atoms with Gasteiger partial charge in [0.05, 0.1) is 23.9 Å². The van der Waals surface area contributed by atoms with Crippen LogP contribution in [0.4, 0.5) is 4.39 Å². The van der Waals surface area contributed by atoms with E-state index >= 15 is 0 Å². The Kier molecular flexibility index (Phi) is 13.3.